The first-order chi connectivity index (χ1) is 11.4. The van der Waals surface area contributed by atoms with Gasteiger partial charge in [0.05, 0.1) is 22.8 Å². The molecule has 2 aromatic rings. The number of sulfone groups is 1. The highest BCUT2D eigenvalue weighted by Crippen LogP contribution is 2.18. The minimum absolute atomic E-state index is 0.00971. The van der Waals surface area contributed by atoms with Gasteiger partial charge < -0.3 is 5.32 Å². The van der Waals surface area contributed by atoms with Crippen LogP contribution in [0.2, 0.25) is 0 Å². The SMILES string of the molecule is O=C(NCCn1c(=O)[nH]c2ncccc2c1=O)[C@@H]1CCS(=O)(=O)C1. The summed E-state index contributed by atoms with van der Waals surface area (Å²) in [5.41, 5.74) is -0.882. The van der Waals surface area contributed by atoms with E-state index in [0.717, 1.165) is 4.57 Å². The summed E-state index contributed by atoms with van der Waals surface area (Å²) in [7, 11) is -3.13. The molecule has 1 aliphatic heterocycles. The van der Waals surface area contributed by atoms with Crippen LogP contribution in [0.25, 0.3) is 11.0 Å². The zero-order chi connectivity index (χ0) is 17.3. The van der Waals surface area contributed by atoms with Crippen molar-refractivity contribution in [2.24, 2.45) is 5.92 Å². The van der Waals surface area contributed by atoms with Crippen LogP contribution < -0.4 is 16.6 Å². The summed E-state index contributed by atoms with van der Waals surface area (Å²) in [4.78, 5) is 42.6. The van der Waals surface area contributed by atoms with Crippen molar-refractivity contribution < 1.29 is 13.2 Å². The van der Waals surface area contributed by atoms with Crippen molar-refractivity contribution in [3.8, 4) is 0 Å². The first-order valence-corrected chi connectivity index (χ1v) is 9.25. The Balaban J connectivity index is 1.69. The molecule has 128 valence electrons. The Morgan fingerprint density at radius 3 is 2.92 bits per heavy atom. The van der Waals surface area contributed by atoms with E-state index in [1.54, 1.807) is 12.1 Å². The van der Waals surface area contributed by atoms with E-state index in [2.05, 4.69) is 15.3 Å². The number of hydrogen-bond acceptors (Lipinski definition) is 6. The molecule has 0 aliphatic carbocycles. The van der Waals surface area contributed by atoms with Gasteiger partial charge in [-0.15, -0.1) is 0 Å². The van der Waals surface area contributed by atoms with Crippen LogP contribution in [0, 0.1) is 5.92 Å². The maximum atomic E-state index is 12.3. The Morgan fingerprint density at radius 2 is 2.21 bits per heavy atom. The molecule has 1 amide bonds. The summed E-state index contributed by atoms with van der Waals surface area (Å²) >= 11 is 0. The van der Waals surface area contributed by atoms with E-state index in [0.29, 0.717) is 6.42 Å². The Kier molecular flexibility index (Phi) is 4.22. The first kappa shape index (κ1) is 16.4. The second-order valence-electron chi connectivity index (χ2n) is 5.68. The molecule has 2 aromatic heterocycles. The van der Waals surface area contributed by atoms with Gasteiger partial charge in [0.1, 0.15) is 5.65 Å². The molecule has 0 aromatic carbocycles. The van der Waals surface area contributed by atoms with Gasteiger partial charge in [-0.3, -0.25) is 19.1 Å². The molecule has 0 saturated carbocycles. The normalized spacial score (nSPS) is 19.4. The number of nitrogens with one attached hydrogen (secondary N) is 2. The van der Waals surface area contributed by atoms with Crippen LogP contribution in [0.15, 0.2) is 27.9 Å². The number of nitrogens with zero attached hydrogens (tertiary/aromatic N) is 2. The summed E-state index contributed by atoms with van der Waals surface area (Å²) in [6.07, 6.45) is 1.77. The predicted molar refractivity (Wildman–Crippen MR) is 86.4 cm³/mol. The highest BCUT2D eigenvalue weighted by molar-refractivity contribution is 7.91. The number of aromatic amines is 1. The molecule has 0 radical (unpaired) electrons. The molecule has 1 fully saturated rings. The first-order valence-electron chi connectivity index (χ1n) is 7.43. The number of hydrogen-bond donors (Lipinski definition) is 2. The molecule has 3 heterocycles. The lowest BCUT2D eigenvalue weighted by atomic mass is 10.1. The van der Waals surface area contributed by atoms with Gasteiger partial charge in [0.2, 0.25) is 5.91 Å². The molecule has 0 bridgehead atoms. The van der Waals surface area contributed by atoms with E-state index in [9.17, 15) is 22.8 Å². The van der Waals surface area contributed by atoms with Crippen LogP contribution in [-0.4, -0.2) is 46.9 Å². The fourth-order valence-electron chi connectivity index (χ4n) is 2.72. The topological polar surface area (TPSA) is 131 Å². The summed E-state index contributed by atoms with van der Waals surface area (Å²) in [5, 5.41) is 2.86. The summed E-state index contributed by atoms with van der Waals surface area (Å²) in [6, 6.07) is 3.15. The number of H-pyrrole nitrogens is 1. The molecule has 1 aliphatic rings. The van der Waals surface area contributed by atoms with Gasteiger partial charge >= 0.3 is 5.69 Å². The monoisotopic (exact) mass is 352 g/mol. The van der Waals surface area contributed by atoms with Crippen LogP contribution in [0.5, 0.6) is 0 Å². The lowest BCUT2D eigenvalue weighted by molar-refractivity contribution is -0.124. The summed E-state index contributed by atoms with van der Waals surface area (Å²) in [6.45, 7) is 0.0499. The van der Waals surface area contributed by atoms with Gasteiger partial charge in [-0.25, -0.2) is 18.2 Å². The third kappa shape index (κ3) is 3.23. The van der Waals surface area contributed by atoms with E-state index in [1.807, 2.05) is 0 Å². The molecule has 24 heavy (non-hydrogen) atoms. The zero-order valence-electron chi connectivity index (χ0n) is 12.7. The van der Waals surface area contributed by atoms with Crippen molar-refractivity contribution in [1.29, 1.82) is 0 Å². The standard InChI is InChI=1S/C14H16N4O5S/c19-12(9-3-7-24(22,23)8-9)16-5-6-18-13(20)10-2-1-4-15-11(10)17-14(18)21/h1-2,4,9H,3,5-8H2,(H,16,19)(H,15,17,21)/t9-/m1/s1. The second-order valence-corrected chi connectivity index (χ2v) is 7.91. The molecule has 10 heteroatoms. The molecule has 0 unspecified atom stereocenters. The number of fused-ring (bicyclic) bond motifs is 1. The minimum atomic E-state index is -3.13. The number of aromatic nitrogens is 3. The van der Waals surface area contributed by atoms with Crippen molar-refractivity contribution in [3.05, 3.63) is 39.2 Å². The lowest BCUT2D eigenvalue weighted by Crippen LogP contribution is -2.40. The second kappa shape index (κ2) is 6.19. The number of carbonyl (C=O) groups is 1. The highest BCUT2D eigenvalue weighted by atomic mass is 32.2. The van der Waals surface area contributed by atoms with Crippen molar-refractivity contribution in [3.63, 3.8) is 0 Å². The van der Waals surface area contributed by atoms with Crippen LogP contribution in [0.3, 0.4) is 0 Å². The van der Waals surface area contributed by atoms with E-state index < -0.39 is 27.0 Å². The lowest BCUT2D eigenvalue weighted by Gasteiger charge is -2.10. The van der Waals surface area contributed by atoms with E-state index in [1.165, 1.54) is 6.20 Å². The Morgan fingerprint density at radius 1 is 1.42 bits per heavy atom. The number of rotatable bonds is 4. The highest BCUT2D eigenvalue weighted by Gasteiger charge is 2.32. The fraction of sp³-hybridized carbons (Fsp3) is 0.429. The molecule has 0 spiro atoms. The molecule has 3 rings (SSSR count). The fourth-order valence-corrected chi connectivity index (χ4v) is 4.47. The quantitative estimate of drug-likeness (QED) is 0.698. The summed E-state index contributed by atoms with van der Waals surface area (Å²) in [5.74, 6) is -1.07. The van der Waals surface area contributed by atoms with Gasteiger partial charge in [-0.05, 0) is 18.6 Å². The van der Waals surface area contributed by atoms with Crippen molar-refractivity contribution >= 4 is 26.8 Å². The van der Waals surface area contributed by atoms with Crippen LogP contribution in [0.1, 0.15) is 6.42 Å². The summed E-state index contributed by atoms with van der Waals surface area (Å²) < 4.78 is 23.7. The van der Waals surface area contributed by atoms with Gasteiger partial charge in [0, 0.05) is 19.3 Å². The van der Waals surface area contributed by atoms with Crippen LogP contribution in [-0.2, 0) is 21.2 Å². The number of carbonyl (C=O) groups excluding carboxylic acids is 1. The molecule has 2 N–H and O–H groups in total. The van der Waals surface area contributed by atoms with Crippen molar-refractivity contribution in [1.82, 2.24) is 19.9 Å². The number of amides is 1. The molecular weight excluding hydrogens is 336 g/mol. The largest absolute Gasteiger partial charge is 0.354 e. The smallest absolute Gasteiger partial charge is 0.330 e. The molecular formula is C14H16N4O5S. The van der Waals surface area contributed by atoms with Crippen LogP contribution >= 0.6 is 0 Å². The zero-order valence-corrected chi connectivity index (χ0v) is 13.5. The Hall–Kier alpha value is -2.49. The van der Waals surface area contributed by atoms with Gasteiger partial charge in [-0.1, -0.05) is 0 Å². The maximum absolute atomic E-state index is 12.3. The minimum Gasteiger partial charge on any atom is -0.354 e. The third-order valence-electron chi connectivity index (χ3n) is 3.99. The van der Waals surface area contributed by atoms with Crippen molar-refractivity contribution in [2.75, 3.05) is 18.1 Å². The number of pyridine rings is 1. The van der Waals surface area contributed by atoms with Crippen LogP contribution in [0.4, 0.5) is 0 Å². The molecule has 1 saturated heterocycles. The third-order valence-corrected chi connectivity index (χ3v) is 5.76. The predicted octanol–water partition coefficient (Wildman–Crippen LogP) is -1.36. The van der Waals surface area contributed by atoms with E-state index in [4.69, 9.17) is 0 Å². The van der Waals surface area contributed by atoms with E-state index >= 15 is 0 Å². The molecule has 1 atom stereocenters. The van der Waals surface area contributed by atoms with E-state index in [-0.39, 0.29) is 41.5 Å². The molecule has 9 nitrogen and oxygen atoms in total. The maximum Gasteiger partial charge on any atom is 0.330 e. The van der Waals surface area contributed by atoms with Gasteiger partial charge in [0.15, 0.2) is 9.84 Å². The van der Waals surface area contributed by atoms with Gasteiger partial charge in [-0.2, -0.15) is 0 Å². The Labute approximate surface area is 136 Å². The van der Waals surface area contributed by atoms with Gasteiger partial charge in [0.25, 0.3) is 5.56 Å². The van der Waals surface area contributed by atoms with Crippen molar-refractivity contribution in [2.45, 2.75) is 13.0 Å². The average molecular weight is 352 g/mol. The Bertz CT molecular complexity index is 1010. The average Bonchev–Trinajstić information content (AvgIpc) is 2.90.